The predicted molar refractivity (Wildman–Crippen MR) is 107 cm³/mol. The summed E-state index contributed by atoms with van der Waals surface area (Å²) in [6.07, 6.45) is 2.36. The highest BCUT2D eigenvalue weighted by Gasteiger charge is 2.10. The highest BCUT2D eigenvalue weighted by atomic mass is 16.5. The highest BCUT2D eigenvalue weighted by molar-refractivity contribution is 5.69. The Kier molecular flexibility index (Phi) is 4.83. The second-order valence-corrected chi connectivity index (χ2v) is 6.33. The summed E-state index contributed by atoms with van der Waals surface area (Å²) in [5.41, 5.74) is 11.0. The van der Waals surface area contributed by atoms with Gasteiger partial charge in [-0.25, -0.2) is 4.98 Å². The Hall–Kier alpha value is -3.60. The van der Waals surface area contributed by atoms with Crippen molar-refractivity contribution in [2.24, 2.45) is 0 Å². The molecular weight excluding hydrogens is 336 g/mol. The number of hydrogen-bond acceptors (Lipinski definition) is 5. The Labute approximate surface area is 157 Å². The maximum absolute atomic E-state index is 5.90. The second-order valence-electron chi connectivity index (χ2n) is 6.33. The molecule has 0 bridgehead atoms. The van der Waals surface area contributed by atoms with E-state index in [4.69, 9.17) is 10.3 Å². The number of anilines is 2. The van der Waals surface area contributed by atoms with Crippen molar-refractivity contribution in [2.45, 2.75) is 13.0 Å². The summed E-state index contributed by atoms with van der Waals surface area (Å²) >= 11 is 0. The van der Waals surface area contributed by atoms with Crippen LogP contribution in [0, 0.1) is 0 Å². The molecule has 0 saturated carbocycles. The molecule has 0 radical (unpaired) electrons. The molecule has 3 N–H and O–H groups in total. The fraction of sp³-hybridized carbons (Fsp3) is 0.0909. The van der Waals surface area contributed by atoms with Gasteiger partial charge in [0.1, 0.15) is 5.82 Å². The van der Waals surface area contributed by atoms with E-state index >= 15 is 0 Å². The predicted octanol–water partition coefficient (Wildman–Crippen LogP) is 4.52. The van der Waals surface area contributed by atoms with Crippen LogP contribution in [-0.2, 0) is 13.0 Å². The third-order valence-electron chi connectivity index (χ3n) is 4.34. The first kappa shape index (κ1) is 16.8. The minimum absolute atomic E-state index is 0.440. The van der Waals surface area contributed by atoms with Gasteiger partial charge in [0, 0.05) is 30.9 Å². The number of para-hydroxylation sites is 1. The van der Waals surface area contributed by atoms with E-state index in [1.54, 1.807) is 6.20 Å². The Bertz CT molecular complexity index is 1010. The molecule has 2 heterocycles. The molecule has 5 nitrogen and oxygen atoms in total. The van der Waals surface area contributed by atoms with Crippen LogP contribution in [0.1, 0.15) is 16.8 Å². The molecular formula is C22H20N4O. The Morgan fingerprint density at radius 1 is 0.889 bits per heavy atom. The quantitative estimate of drug-likeness (QED) is 0.531. The second kappa shape index (κ2) is 7.74. The maximum atomic E-state index is 5.90. The molecule has 0 saturated heterocycles. The zero-order valence-corrected chi connectivity index (χ0v) is 14.8. The lowest BCUT2D eigenvalue weighted by Gasteiger charge is -2.07. The highest BCUT2D eigenvalue weighted by Crippen LogP contribution is 2.25. The minimum atomic E-state index is 0.440. The third-order valence-corrected chi connectivity index (χ3v) is 4.34. The van der Waals surface area contributed by atoms with Crippen LogP contribution >= 0.6 is 0 Å². The lowest BCUT2D eigenvalue weighted by atomic mass is 10.1. The van der Waals surface area contributed by atoms with E-state index in [9.17, 15) is 0 Å². The fourth-order valence-corrected chi connectivity index (χ4v) is 2.89. The van der Waals surface area contributed by atoms with Crippen LogP contribution in [0.4, 0.5) is 11.5 Å². The van der Waals surface area contributed by atoms with Crippen LogP contribution in [-0.4, -0.2) is 10.1 Å². The van der Waals surface area contributed by atoms with Crippen LogP contribution in [0.3, 0.4) is 0 Å². The van der Waals surface area contributed by atoms with Crippen molar-refractivity contribution in [1.29, 1.82) is 0 Å². The molecule has 4 aromatic rings. The van der Waals surface area contributed by atoms with Gasteiger partial charge in [-0.05, 0) is 35.4 Å². The van der Waals surface area contributed by atoms with Crippen LogP contribution in [0.5, 0.6) is 0 Å². The standard InChI is InChI=1S/C22H20N4O/c23-22-20(7-4-12-24-22)21-14-19(26-27-21)13-16-8-10-17(11-9-16)15-25-18-5-2-1-3-6-18/h1-12,14,25H,13,15H2,(H2,23,24). The van der Waals surface area contributed by atoms with Gasteiger partial charge in [0.05, 0.1) is 11.3 Å². The number of benzene rings is 2. The first-order valence-electron chi connectivity index (χ1n) is 8.81. The van der Waals surface area contributed by atoms with Gasteiger partial charge >= 0.3 is 0 Å². The van der Waals surface area contributed by atoms with E-state index in [2.05, 4.69) is 51.9 Å². The topological polar surface area (TPSA) is 77.0 Å². The molecule has 0 aliphatic carbocycles. The van der Waals surface area contributed by atoms with Gasteiger partial charge < -0.3 is 15.6 Å². The molecule has 0 spiro atoms. The van der Waals surface area contributed by atoms with Crippen molar-refractivity contribution in [2.75, 3.05) is 11.1 Å². The van der Waals surface area contributed by atoms with E-state index in [1.165, 1.54) is 11.1 Å². The number of nitrogens with two attached hydrogens (primary N) is 1. The summed E-state index contributed by atoms with van der Waals surface area (Å²) in [5.74, 6) is 1.08. The van der Waals surface area contributed by atoms with Crippen molar-refractivity contribution < 1.29 is 4.52 Å². The first-order chi connectivity index (χ1) is 13.3. The summed E-state index contributed by atoms with van der Waals surface area (Å²) in [6, 6.07) is 24.3. The first-order valence-corrected chi connectivity index (χ1v) is 8.81. The summed E-state index contributed by atoms with van der Waals surface area (Å²) in [4.78, 5) is 4.08. The molecule has 2 aromatic carbocycles. The summed E-state index contributed by atoms with van der Waals surface area (Å²) < 4.78 is 5.44. The van der Waals surface area contributed by atoms with Gasteiger partial charge in [0.25, 0.3) is 0 Å². The Morgan fingerprint density at radius 3 is 2.44 bits per heavy atom. The number of hydrogen-bond donors (Lipinski definition) is 2. The van der Waals surface area contributed by atoms with Crippen LogP contribution < -0.4 is 11.1 Å². The molecule has 27 heavy (non-hydrogen) atoms. The molecule has 0 amide bonds. The lowest BCUT2D eigenvalue weighted by molar-refractivity contribution is 0.425. The third kappa shape index (κ3) is 4.15. The molecule has 0 aliphatic heterocycles. The molecule has 0 fully saturated rings. The summed E-state index contributed by atoms with van der Waals surface area (Å²) in [6.45, 7) is 0.790. The van der Waals surface area contributed by atoms with E-state index in [0.717, 1.165) is 23.5 Å². The fourth-order valence-electron chi connectivity index (χ4n) is 2.89. The van der Waals surface area contributed by atoms with Crippen molar-refractivity contribution in [3.8, 4) is 11.3 Å². The zero-order valence-electron chi connectivity index (χ0n) is 14.8. The van der Waals surface area contributed by atoms with E-state index in [1.807, 2.05) is 36.4 Å². The summed E-state index contributed by atoms with van der Waals surface area (Å²) in [7, 11) is 0. The largest absolute Gasteiger partial charge is 0.383 e. The number of aromatic nitrogens is 2. The van der Waals surface area contributed by atoms with Crippen LogP contribution in [0.2, 0.25) is 0 Å². The van der Waals surface area contributed by atoms with Crippen molar-refractivity contribution in [3.05, 3.63) is 95.8 Å². The molecule has 0 aliphatic rings. The number of pyridine rings is 1. The molecule has 0 unspecified atom stereocenters. The van der Waals surface area contributed by atoms with Crippen LogP contribution in [0.25, 0.3) is 11.3 Å². The van der Waals surface area contributed by atoms with E-state index in [0.29, 0.717) is 18.0 Å². The number of nitrogen functional groups attached to an aromatic ring is 1. The van der Waals surface area contributed by atoms with Gasteiger partial charge in [0.15, 0.2) is 5.76 Å². The summed E-state index contributed by atoms with van der Waals surface area (Å²) in [5, 5.41) is 7.57. The Balaban J connectivity index is 1.39. The van der Waals surface area contributed by atoms with Gasteiger partial charge in [0.2, 0.25) is 0 Å². The normalized spacial score (nSPS) is 10.7. The average molecular weight is 356 g/mol. The van der Waals surface area contributed by atoms with Gasteiger partial charge in [-0.2, -0.15) is 0 Å². The molecule has 4 rings (SSSR count). The zero-order chi connectivity index (χ0) is 18.5. The van der Waals surface area contributed by atoms with Crippen LogP contribution in [0.15, 0.2) is 83.5 Å². The SMILES string of the molecule is Nc1ncccc1-c1cc(Cc2ccc(CNc3ccccc3)cc2)no1. The molecule has 134 valence electrons. The molecule has 0 atom stereocenters. The van der Waals surface area contributed by atoms with Gasteiger partial charge in [-0.3, -0.25) is 0 Å². The van der Waals surface area contributed by atoms with Gasteiger partial charge in [-0.1, -0.05) is 47.6 Å². The molecule has 2 aromatic heterocycles. The number of nitrogens with zero attached hydrogens (tertiary/aromatic N) is 2. The molecule has 5 heteroatoms. The number of rotatable bonds is 6. The van der Waals surface area contributed by atoms with Gasteiger partial charge in [-0.15, -0.1) is 0 Å². The van der Waals surface area contributed by atoms with Crippen molar-refractivity contribution in [1.82, 2.24) is 10.1 Å². The van der Waals surface area contributed by atoms with Crippen molar-refractivity contribution in [3.63, 3.8) is 0 Å². The van der Waals surface area contributed by atoms with E-state index in [-0.39, 0.29) is 0 Å². The van der Waals surface area contributed by atoms with Crippen molar-refractivity contribution >= 4 is 11.5 Å². The number of nitrogens with one attached hydrogen (secondary N) is 1. The smallest absolute Gasteiger partial charge is 0.170 e. The monoisotopic (exact) mass is 356 g/mol. The maximum Gasteiger partial charge on any atom is 0.170 e. The minimum Gasteiger partial charge on any atom is -0.383 e. The average Bonchev–Trinajstić information content (AvgIpc) is 3.17. The van der Waals surface area contributed by atoms with E-state index < -0.39 is 0 Å². The Morgan fingerprint density at radius 2 is 1.67 bits per heavy atom. The lowest BCUT2D eigenvalue weighted by Crippen LogP contribution is -1.99.